The summed E-state index contributed by atoms with van der Waals surface area (Å²) in [5.41, 5.74) is 0. The van der Waals surface area contributed by atoms with Crippen LogP contribution in [0.3, 0.4) is 0 Å². The van der Waals surface area contributed by atoms with Crippen molar-refractivity contribution >= 4 is 45.2 Å². The molecular formula is C7H8I2O. The fourth-order valence-corrected chi connectivity index (χ4v) is 1.15. The number of hydrogen-bond acceptors (Lipinski definition) is 1. The van der Waals surface area contributed by atoms with Crippen molar-refractivity contribution < 1.29 is 5.11 Å². The van der Waals surface area contributed by atoms with Crippen LogP contribution >= 0.6 is 45.2 Å². The average Bonchev–Trinajstić information content (AvgIpc) is 2.00. The van der Waals surface area contributed by atoms with Crippen LogP contribution in [0.25, 0.3) is 0 Å². The van der Waals surface area contributed by atoms with E-state index in [4.69, 9.17) is 5.11 Å². The van der Waals surface area contributed by atoms with Crippen molar-refractivity contribution in [2.75, 3.05) is 7.11 Å². The SMILES string of the molecule is CO.Ic1ccc(I)cc1. The van der Waals surface area contributed by atoms with Gasteiger partial charge in [0.05, 0.1) is 0 Å². The molecule has 0 fully saturated rings. The van der Waals surface area contributed by atoms with E-state index in [0.717, 1.165) is 7.11 Å². The molecule has 0 saturated heterocycles. The molecule has 0 atom stereocenters. The highest BCUT2D eigenvalue weighted by Gasteiger charge is 1.82. The number of hydrogen-bond donors (Lipinski definition) is 1. The van der Waals surface area contributed by atoms with E-state index in [1.807, 2.05) is 0 Å². The average molecular weight is 362 g/mol. The van der Waals surface area contributed by atoms with E-state index < -0.39 is 0 Å². The molecule has 0 amide bonds. The standard InChI is InChI=1S/C6H4I2.CH4O/c7-5-1-2-6(8)4-3-5;1-2/h1-4H;2H,1H3. The summed E-state index contributed by atoms with van der Waals surface area (Å²) in [6.45, 7) is 0. The summed E-state index contributed by atoms with van der Waals surface area (Å²) in [5, 5.41) is 7.00. The molecule has 0 spiro atoms. The van der Waals surface area contributed by atoms with Crippen molar-refractivity contribution in [1.82, 2.24) is 0 Å². The second-order valence-electron chi connectivity index (χ2n) is 1.44. The normalized spacial score (nSPS) is 8.00. The van der Waals surface area contributed by atoms with Crippen LogP contribution in [0.5, 0.6) is 0 Å². The molecule has 1 N–H and O–H groups in total. The van der Waals surface area contributed by atoms with Crippen LogP contribution in [-0.2, 0) is 0 Å². The molecular weight excluding hydrogens is 354 g/mol. The highest BCUT2D eigenvalue weighted by molar-refractivity contribution is 14.1. The van der Waals surface area contributed by atoms with Gasteiger partial charge in [0.15, 0.2) is 0 Å². The third-order valence-electron chi connectivity index (χ3n) is 0.804. The lowest BCUT2D eigenvalue weighted by atomic mass is 10.4. The van der Waals surface area contributed by atoms with E-state index in [2.05, 4.69) is 69.4 Å². The minimum atomic E-state index is 1.00. The first-order chi connectivity index (χ1) is 4.79. The second kappa shape index (κ2) is 6.36. The molecule has 0 aliphatic heterocycles. The zero-order valence-corrected chi connectivity index (χ0v) is 9.83. The predicted molar refractivity (Wildman–Crippen MR) is 60.0 cm³/mol. The molecule has 1 aromatic rings. The fourth-order valence-electron chi connectivity index (χ4n) is 0.430. The van der Waals surface area contributed by atoms with Gasteiger partial charge in [0.25, 0.3) is 0 Å². The number of halogens is 2. The minimum absolute atomic E-state index is 1.00. The largest absolute Gasteiger partial charge is 0.400 e. The van der Waals surface area contributed by atoms with Crippen molar-refractivity contribution in [3.8, 4) is 0 Å². The Labute approximate surface area is 88.1 Å². The molecule has 10 heavy (non-hydrogen) atoms. The van der Waals surface area contributed by atoms with Gasteiger partial charge in [0.1, 0.15) is 0 Å². The second-order valence-corrected chi connectivity index (χ2v) is 3.93. The molecule has 0 aromatic heterocycles. The van der Waals surface area contributed by atoms with E-state index in [1.54, 1.807) is 0 Å². The van der Waals surface area contributed by atoms with Crippen LogP contribution in [0.4, 0.5) is 0 Å². The van der Waals surface area contributed by atoms with Crippen molar-refractivity contribution in [2.45, 2.75) is 0 Å². The molecule has 1 rings (SSSR count). The van der Waals surface area contributed by atoms with Gasteiger partial charge in [0, 0.05) is 14.3 Å². The van der Waals surface area contributed by atoms with Crippen LogP contribution in [-0.4, -0.2) is 12.2 Å². The topological polar surface area (TPSA) is 20.2 Å². The van der Waals surface area contributed by atoms with Crippen LogP contribution in [0.15, 0.2) is 24.3 Å². The summed E-state index contributed by atoms with van der Waals surface area (Å²) in [4.78, 5) is 0. The van der Waals surface area contributed by atoms with E-state index >= 15 is 0 Å². The maximum Gasteiger partial charge on any atom is 0.0319 e. The zero-order valence-electron chi connectivity index (χ0n) is 5.51. The van der Waals surface area contributed by atoms with Gasteiger partial charge in [-0.25, -0.2) is 0 Å². The smallest absolute Gasteiger partial charge is 0.0319 e. The molecule has 0 heterocycles. The van der Waals surface area contributed by atoms with Gasteiger partial charge in [-0.15, -0.1) is 0 Å². The van der Waals surface area contributed by atoms with Crippen LogP contribution < -0.4 is 0 Å². The first kappa shape index (κ1) is 10.6. The lowest BCUT2D eigenvalue weighted by molar-refractivity contribution is 0.399. The molecule has 0 aliphatic rings. The highest BCUT2D eigenvalue weighted by atomic mass is 127. The Morgan fingerprint density at radius 2 is 1.10 bits per heavy atom. The molecule has 0 radical (unpaired) electrons. The number of aliphatic hydroxyl groups is 1. The van der Waals surface area contributed by atoms with Gasteiger partial charge in [0.2, 0.25) is 0 Å². The Kier molecular flexibility index (Phi) is 6.76. The summed E-state index contributed by atoms with van der Waals surface area (Å²) in [7, 11) is 1.00. The third-order valence-corrected chi connectivity index (χ3v) is 2.24. The van der Waals surface area contributed by atoms with Gasteiger partial charge < -0.3 is 5.11 Å². The zero-order chi connectivity index (χ0) is 7.98. The fraction of sp³-hybridized carbons (Fsp3) is 0.143. The molecule has 0 bridgehead atoms. The van der Waals surface area contributed by atoms with Crippen molar-refractivity contribution in [1.29, 1.82) is 0 Å². The molecule has 3 heteroatoms. The Balaban J connectivity index is 0.000000371. The van der Waals surface area contributed by atoms with E-state index in [1.165, 1.54) is 7.14 Å². The Morgan fingerprint density at radius 1 is 0.900 bits per heavy atom. The predicted octanol–water partition coefficient (Wildman–Crippen LogP) is 2.50. The van der Waals surface area contributed by atoms with Gasteiger partial charge in [-0.2, -0.15) is 0 Å². The molecule has 1 nitrogen and oxygen atoms in total. The van der Waals surface area contributed by atoms with Crippen LogP contribution in [0, 0.1) is 7.14 Å². The summed E-state index contributed by atoms with van der Waals surface area (Å²) >= 11 is 4.59. The third kappa shape index (κ3) is 4.45. The van der Waals surface area contributed by atoms with Crippen molar-refractivity contribution in [2.24, 2.45) is 0 Å². The number of benzene rings is 1. The lowest BCUT2D eigenvalue weighted by Crippen LogP contribution is -1.68. The molecule has 0 aliphatic carbocycles. The van der Waals surface area contributed by atoms with Gasteiger partial charge in [-0.3, -0.25) is 0 Å². The summed E-state index contributed by atoms with van der Waals surface area (Å²) < 4.78 is 2.59. The van der Waals surface area contributed by atoms with Gasteiger partial charge in [-0.1, -0.05) is 0 Å². The molecule has 0 saturated carbocycles. The highest BCUT2D eigenvalue weighted by Crippen LogP contribution is 2.07. The summed E-state index contributed by atoms with van der Waals surface area (Å²) in [6.07, 6.45) is 0. The Hall–Kier alpha value is 0.640. The van der Waals surface area contributed by atoms with Crippen LogP contribution in [0.2, 0.25) is 0 Å². The maximum absolute atomic E-state index is 7.00. The lowest BCUT2D eigenvalue weighted by Gasteiger charge is -1.87. The number of aliphatic hydroxyl groups excluding tert-OH is 1. The molecule has 56 valence electrons. The van der Waals surface area contributed by atoms with E-state index in [0.29, 0.717) is 0 Å². The van der Waals surface area contributed by atoms with E-state index in [9.17, 15) is 0 Å². The monoisotopic (exact) mass is 362 g/mol. The van der Waals surface area contributed by atoms with Gasteiger partial charge >= 0.3 is 0 Å². The number of rotatable bonds is 0. The van der Waals surface area contributed by atoms with Crippen molar-refractivity contribution in [3.63, 3.8) is 0 Å². The molecule has 1 aromatic carbocycles. The van der Waals surface area contributed by atoms with E-state index in [-0.39, 0.29) is 0 Å². The molecule has 0 unspecified atom stereocenters. The first-order valence-corrected chi connectivity index (χ1v) is 4.80. The van der Waals surface area contributed by atoms with Crippen molar-refractivity contribution in [3.05, 3.63) is 31.4 Å². The Morgan fingerprint density at radius 3 is 1.30 bits per heavy atom. The first-order valence-electron chi connectivity index (χ1n) is 2.65. The maximum atomic E-state index is 7.00. The Bertz CT molecular complexity index is 150. The van der Waals surface area contributed by atoms with Crippen LogP contribution in [0.1, 0.15) is 0 Å². The summed E-state index contributed by atoms with van der Waals surface area (Å²) in [6, 6.07) is 8.40. The quantitative estimate of drug-likeness (QED) is 0.704. The van der Waals surface area contributed by atoms with Gasteiger partial charge in [-0.05, 0) is 69.4 Å². The summed E-state index contributed by atoms with van der Waals surface area (Å²) in [5.74, 6) is 0. The minimum Gasteiger partial charge on any atom is -0.400 e.